The third-order valence-corrected chi connectivity index (χ3v) is 6.15. The van der Waals surface area contributed by atoms with Crippen molar-refractivity contribution in [2.45, 2.75) is 42.4 Å². The quantitative estimate of drug-likeness (QED) is 0.365. The number of nitrogens with zero attached hydrogens (tertiary/aromatic N) is 1. The summed E-state index contributed by atoms with van der Waals surface area (Å²) in [6.45, 7) is 3.36. The summed E-state index contributed by atoms with van der Waals surface area (Å²) in [7, 11) is 0. The van der Waals surface area contributed by atoms with Gasteiger partial charge in [-0.2, -0.15) is 0 Å². The molecule has 2 N–H and O–H groups in total. The molecule has 0 aliphatic carbocycles. The summed E-state index contributed by atoms with van der Waals surface area (Å²) in [5.41, 5.74) is 2.84. The van der Waals surface area contributed by atoms with Gasteiger partial charge in [0.1, 0.15) is 0 Å². The van der Waals surface area contributed by atoms with E-state index in [2.05, 4.69) is 24.4 Å². The molecule has 0 bridgehead atoms. The Hall–Kier alpha value is -3.25. The predicted molar refractivity (Wildman–Crippen MR) is 134 cm³/mol. The lowest BCUT2D eigenvalue weighted by atomic mass is 10.1. The van der Waals surface area contributed by atoms with Gasteiger partial charge in [-0.1, -0.05) is 73.6 Å². The smallest absolute Gasteiger partial charge is 0.321 e. The first-order chi connectivity index (χ1) is 16.0. The standard InChI is InChI=1S/C27H30N2O3S/c1-2-3-18-29(27(32)28-17-16-21-8-5-4-6-9-21)23-10-7-11-25(20-23)33-24-14-12-22(13-15-24)19-26(30)31/h4-15,20H,2-3,16-19H2,1H3,(H,28,32)(H,30,31). The van der Waals surface area contributed by atoms with Crippen LogP contribution in [-0.2, 0) is 17.6 Å². The Morgan fingerprint density at radius 3 is 2.36 bits per heavy atom. The molecule has 6 heteroatoms. The largest absolute Gasteiger partial charge is 0.481 e. The van der Waals surface area contributed by atoms with Gasteiger partial charge in [0.15, 0.2) is 0 Å². The predicted octanol–water partition coefficient (Wildman–Crippen LogP) is 6.02. The van der Waals surface area contributed by atoms with Crippen LogP contribution in [0.15, 0.2) is 88.7 Å². The molecule has 172 valence electrons. The molecule has 0 atom stereocenters. The molecule has 0 radical (unpaired) electrons. The van der Waals surface area contributed by atoms with E-state index in [-0.39, 0.29) is 12.5 Å². The number of hydrogen-bond donors (Lipinski definition) is 2. The van der Waals surface area contributed by atoms with Gasteiger partial charge in [-0.3, -0.25) is 9.69 Å². The molecule has 3 rings (SSSR count). The molecule has 0 heterocycles. The van der Waals surface area contributed by atoms with Gasteiger partial charge >= 0.3 is 12.0 Å². The van der Waals surface area contributed by atoms with Gasteiger partial charge in [-0.15, -0.1) is 0 Å². The second-order valence-corrected chi connectivity index (χ2v) is 8.93. The number of anilines is 1. The number of carbonyl (C=O) groups excluding carboxylic acids is 1. The minimum atomic E-state index is -0.836. The van der Waals surface area contributed by atoms with Gasteiger partial charge in [0.25, 0.3) is 0 Å². The van der Waals surface area contributed by atoms with Crippen LogP contribution in [0.4, 0.5) is 10.5 Å². The molecule has 33 heavy (non-hydrogen) atoms. The molecule has 3 aromatic carbocycles. The van der Waals surface area contributed by atoms with Gasteiger partial charge in [0.05, 0.1) is 6.42 Å². The first kappa shape index (κ1) is 24.4. The van der Waals surface area contributed by atoms with Crippen LogP contribution in [-0.4, -0.2) is 30.2 Å². The number of amides is 2. The number of carboxylic acids is 1. The van der Waals surface area contributed by atoms with Gasteiger partial charge in [0.2, 0.25) is 0 Å². The van der Waals surface area contributed by atoms with Crippen molar-refractivity contribution in [3.63, 3.8) is 0 Å². The molecule has 0 aliphatic heterocycles. The van der Waals surface area contributed by atoms with E-state index in [0.29, 0.717) is 13.1 Å². The molecule has 0 aliphatic rings. The maximum atomic E-state index is 13.0. The zero-order valence-corrected chi connectivity index (χ0v) is 19.7. The van der Waals surface area contributed by atoms with Crippen LogP contribution in [0.2, 0.25) is 0 Å². The monoisotopic (exact) mass is 462 g/mol. The number of aliphatic carboxylic acids is 1. The van der Waals surface area contributed by atoms with Crippen molar-refractivity contribution in [3.05, 3.63) is 90.0 Å². The third kappa shape index (κ3) is 7.99. The van der Waals surface area contributed by atoms with Gasteiger partial charge in [-0.05, 0) is 54.3 Å². The SMILES string of the molecule is CCCCN(C(=O)NCCc1ccccc1)c1cccc(Sc2ccc(CC(=O)O)cc2)c1. The molecule has 0 saturated carbocycles. The molecular formula is C27H30N2O3S. The van der Waals surface area contributed by atoms with Crippen molar-refractivity contribution in [2.24, 2.45) is 0 Å². The molecule has 3 aromatic rings. The summed E-state index contributed by atoms with van der Waals surface area (Å²) >= 11 is 1.59. The average Bonchev–Trinajstić information content (AvgIpc) is 2.81. The number of benzene rings is 3. The minimum absolute atomic E-state index is 0.0200. The molecule has 0 aromatic heterocycles. The Kier molecular flexibility index (Phi) is 9.39. The van der Waals surface area contributed by atoms with E-state index in [1.165, 1.54) is 5.56 Å². The topological polar surface area (TPSA) is 69.6 Å². The molecule has 2 amide bonds. The zero-order chi connectivity index (χ0) is 23.5. The highest BCUT2D eigenvalue weighted by Crippen LogP contribution is 2.31. The fourth-order valence-electron chi connectivity index (χ4n) is 3.42. The molecule has 0 fully saturated rings. The zero-order valence-electron chi connectivity index (χ0n) is 18.9. The Labute approximate surface area is 199 Å². The maximum absolute atomic E-state index is 13.0. The van der Waals surface area contributed by atoms with E-state index in [1.54, 1.807) is 11.8 Å². The van der Waals surface area contributed by atoms with Crippen LogP contribution in [0.5, 0.6) is 0 Å². The highest BCUT2D eigenvalue weighted by Gasteiger charge is 2.15. The highest BCUT2D eigenvalue weighted by atomic mass is 32.2. The number of carbonyl (C=O) groups is 2. The van der Waals surface area contributed by atoms with Crippen molar-refractivity contribution in [2.75, 3.05) is 18.0 Å². The first-order valence-corrected chi connectivity index (χ1v) is 12.0. The number of unbranched alkanes of at least 4 members (excludes halogenated alkanes) is 1. The van der Waals surface area contributed by atoms with Crippen LogP contribution in [0.1, 0.15) is 30.9 Å². The van der Waals surface area contributed by atoms with Crippen molar-refractivity contribution >= 4 is 29.4 Å². The van der Waals surface area contributed by atoms with Crippen LogP contribution in [0.25, 0.3) is 0 Å². The molecule has 0 spiro atoms. The van der Waals surface area contributed by atoms with E-state index in [4.69, 9.17) is 5.11 Å². The summed E-state index contributed by atoms with van der Waals surface area (Å²) in [6, 6.07) is 25.6. The van der Waals surface area contributed by atoms with Gasteiger partial charge in [0, 0.05) is 28.6 Å². The lowest BCUT2D eigenvalue weighted by Crippen LogP contribution is -2.41. The van der Waals surface area contributed by atoms with Gasteiger partial charge < -0.3 is 10.4 Å². The lowest BCUT2D eigenvalue weighted by molar-refractivity contribution is -0.136. The normalized spacial score (nSPS) is 10.6. The second kappa shape index (κ2) is 12.7. The number of rotatable bonds is 11. The van der Waals surface area contributed by atoms with Crippen molar-refractivity contribution < 1.29 is 14.7 Å². The molecule has 0 unspecified atom stereocenters. The average molecular weight is 463 g/mol. The molecule has 5 nitrogen and oxygen atoms in total. The third-order valence-electron chi connectivity index (χ3n) is 5.16. The molecular weight excluding hydrogens is 432 g/mol. The summed E-state index contributed by atoms with van der Waals surface area (Å²) in [4.78, 5) is 27.7. The number of nitrogens with one attached hydrogen (secondary N) is 1. The van der Waals surface area contributed by atoms with Crippen LogP contribution >= 0.6 is 11.8 Å². The van der Waals surface area contributed by atoms with Gasteiger partial charge in [-0.25, -0.2) is 4.79 Å². The first-order valence-electron chi connectivity index (χ1n) is 11.2. The van der Waals surface area contributed by atoms with Crippen molar-refractivity contribution in [1.82, 2.24) is 5.32 Å². The Morgan fingerprint density at radius 1 is 0.909 bits per heavy atom. The minimum Gasteiger partial charge on any atom is -0.481 e. The van der Waals surface area contributed by atoms with E-state index in [1.807, 2.05) is 71.6 Å². The fourth-order valence-corrected chi connectivity index (χ4v) is 4.29. The van der Waals surface area contributed by atoms with Crippen molar-refractivity contribution in [1.29, 1.82) is 0 Å². The van der Waals surface area contributed by atoms with Crippen molar-refractivity contribution in [3.8, 4) is 0 Å². The summed E-state index contributed by atoms with van der Waals surface area (Å²) in [5, 5.41) is 12.0. The Balaban J connectivity index is 1.66. The number of carboxylic acid groups (broad SMARTS) is 1. The van der Waals surface area contributed by atoms with E-state index >= 15 is 0 Å². The summed E-state index contributed by atoms with van der Waals surface area (Å²) in [6.07, 6.45) is 2.74. The summed E-state index contributed by atoms with van der Waals surface area (Å²) in [5.74, 6) is -0.836. The Morgan fingerprint density at radius 2 is 1.67 bits per heavy atom. The lowest BCUT2D eigenvalue weighted by Gasteiger charge is -2.24. The van der Waals surface area contributed by atoms with Crippen LogP contribution in [0.3, 0.4) is 0 Å². The molecule has 0 saturated heterocycles. The highest BCUT2D eigenvalue weighted by molar-refractivity contribution is 7.99. The van der Waals surface area contributed by atoms with E-state index in [9.17, 15) is 9.59 Å². The second-order valence-electron chi connectivity index (χ2n) is 7.79. The number of urea groups is 1. The van der Waals surface area contributed by atoms with Crippen LogP contribution < -0.4 is 10.2 Å². The fraction of sp³-hybridized carbons (Fsp3) is 0.259. The van der Waals surface area contributed by atoms with Crippen LogP contribution in [0, 0.1) is 0 Å². The van der Waals surface area contributed by atoms with E-state index in [0.717, 1.165) is 40.3 Å². The van der Waals surface area contributed by atoms with E-state index < -0.39 is 5.97 Å². The summed E-state index contributed by atoms with van der Waals surface area (Å²) < 4.78 is 0. The number of hydrogen-bond acceptors (Lipinski definition) is 3. The maximum Gasteiger partial charge on any atom is 0.321 e. The Bertz CT molecular complexity index is 1040.